The molecule has 0 N–H and O–H groups in total. The standard InChI is InChI=1S/2C3H8.C3H4.4C2H6/c3*1-3-2;4*1-2/h2*3H2,1-2H3;1H,2H3;4*1-2H3. The Morgan fingerprint density at radius 1 is 0.588 bits per heavy atom. The molecule has 0 atom stereocenters. The first-order chi connectivity index (χ1) is 8.24. The van der Waals surface area contributed by atoms with E-state index in [2.05, 4.69) is 40.0 Å². The van der Waals surface area contributed by atoms with E-state index in [1.165, 1.54) is 12.8 Å². The largest absolute Gasteiger partial charge is 0.120 e. The summed E-state index contributed by atoms with van der Waals surface area (Å²) in [6.07, 6.45) is 7.10. The van der Waals surface area contributed by atoms with Gasteiger partial charge in [-0.2, -0.15) is 0 Å². The van der Waals surface area contributed by atoms with Crippen LogP contribution in [-0.4, -0.2) is 0 Å². The Kier molecular flexibility index (Phi) is 1300. The molecule has 0 heterocycles. The summed E-state index contributed by atoms with van der Waals surface area (Å²) in [6.45, 7) is 26.2. The van der Waals surface area contributed by atoms with Crippen LogP contribution in [0.2, 0.25) is 0 Å². The summed E-state index contributed by atoms with van der Waals surface area (Å²) >= 11 is 0. The Labute approximate surface area is 116 Å². The minimum Gasteiger partial charge on any atom is -0.120 e. The van der Waals surface area contributed by atoms with Gasteiger partial charge in [0.05, 0.1) is 0 Å². The van der Waals surface area contributed by atoms with Crippen LogP contribution in [0.3, 0.4) is 0 Å². The van der Waals surface area contributed by atoms with E-state index in [4.69, 9.17) is 0 Å². The fourth-order valence-electron chi connectivity index (χ4n) is 0. The Morgan fingerprint density at radius 2 is 0.588 bits per heavy atom. The summed E-state index contributed by atoms with van der Waals surface area (Å²) in [5.41, 5.74) is 0. The lowest BCUT2D eigenvalue weighted by molar-refractivity contribution is 1.09. The molecule has 0 amide bonds. The van der Waals surface area contributed by atoms with Crippen LogP contribution in [0.5, 0.6) is 0 Å². The molecule has 0 aliphatic carbocycles. The molecule has 0 fully saturated rings. The van der Waals surface area contributed by atoms with Gasteiger partial charge < -0.3 is 0 Å². The van der Waals surface area contributed by atoms with Gasteiger partial charge in [0.15, 0.2) is 0 Å². The van der Waals surface area contributed by atoms with Crippen molar-refractivity contribution in [2.24, 2.45) is 0 Å². The maximum Gasteiger partial charge on any atom is -0.00297 e. The third kappa shape index (κ3) is 14800. The first-order valence-electron chi connectivity index (χ1n) is 7.62. The van der Waals surface area contributed by atoms with Gasteiger partial charge >= 0.3 is 0 Å². The predicted octanol–water partition coefficient (Wildman–Crippen LogP) is 7.58. The molecule has 0 aromatic carbocycles. The highest BCUT2D eigenvalue weighted by Gasteiger charge is 1.36. The zero-order valence-corrected chi connectivity index (χ0v) is 15.5. The van der Waals surface area contributed by atoms with Gasteiger partial charge in [-0.1, -0.05) is 95.9 Å². The van der Waals surface area contributed by atoms with Gasteiger partial charge in [0.2, 0.25) is 0 Å². The van der Waals surface area contributed by atoms with Gasteiger partial charge in [0, 0.05) is 0 Å². The van der Waals surface area contributed by atoms with E-state index < -0.39 is 0 Å². The number of hydrogen-bond acceptors (Lipinski definition) is 0. The van der Waals surface area contributed by atoms with E-state index >= 15 is 0 Å². The summed E-state index contributed by atoms with van der Waals surface area (Å²) < 4.78 is 0. The summed E-state index contributed by atoms with van der Waals surface area (Å²) in [5.74, 6) is 2.25. The minimum atomic E-state index is 1.25. The molecule has 0 rings (SSSR count). The lowest BCUT2D eigenvalue weighted by Gasteiger charge is -1.48. The molecule has 0 heteroatoms. The van der Waals surface area contributed by atoms with Crippen LogP contribution < -0.4 is 0 Å². The normalized spacial score (nSPS) is 4.00. The molecule has 0 radical (unpaired) electrons. The lowest BCUT2D eigenvalue weighted by atomic mass is 10.6. The molecule has 0 saturated heterocycles. The van der Waals surface area contributed by atoms with Crippen LogP contribution in [0, 0.1) is 12.3 Å². The molecular weight excluding hydrogens is 204 g/mol. The van der Waals surface area contributed by atoms with Crippen molar-refractivity contribution >= 4 is 0 Å². The van der Waals surface area contributed by atoms with E-state index in [1.807, 2.05) is 55.4 Å². The van der Waals surface area contributed by atoms with Crippen LogP contribution in [0.4, 0.5) is 0 Å². The summed E-state index contributed by atoms with van der Waals surface area (Å²) in [7, 11) is 0. The average Bonchev–Trinajstić information content (AvgIpc) is 2.41. The van der Waals surface area contributed by atoms with Crippen molar-refractivity contribution in [2.75, 3.05) is 0 Å². The van der Waals surface area contributed by atoms with Crippen LogP contribution in [0.1, 0.15) is 103 Å². The topological polar surface area (TPSA) is 0 Å². The van der Waals surface area contributed by atoms with Crippen LogP contribution in [0.25, 0.3) is 0 Å². The zero-order valence-electron chi connectivity index (χ0n) is 15.5. The van der Waals surface area contributed by atoms with Crippen molar-refractivity contribution in [1.82, 2.24) is 0 Å². The first-order valence-corrected chi connectivity index (χ1v) is 7.62. The smallest absolute Gasteiger partial charge is 0.00297 e. The molecule has 17 heavy (non-hydrogen) atoms. The van der Waals surface area contributed by atoms with E-state index in [0.29, 0.717) is 0 Å². The number of rotatable bonds is 0. The second kappa shape index (κ2) is 503. The second-order valence-electron chi connectivity index (χ2n) is 1.70. The van der Waals surface area contributed by atoms with E-state index in [-0.39, 0.29) is 0 Å². The van der Waals surface area contributed by atoms with Crippen LogP contribution in [0.15, 0.2) is 0 Å². The highest BCUT2D eigenvalue weighted by atomic mass is 13.4. The monoisotopic (exact) mass is 248 g/mol. The van der Waals surface area contributed by atoms with Crippen LogP contribution in [-0.2, 0) is 0 Å². The Morgan fingerprint density at radius 3 is 0.588 bits per heavy atom. The van der Waals surface area contributed by atoms with Gasteiger partial charge in [-0.3, -0.25) is 0 Å². The van der Waals surface area contributed by atoms with Crippen molar-refractivity contribution < 1.29 is 0 Å². The number of hydrogen-bond donors (Lipinski definition) is 0. The molecule has 0 aliphatic heterocycles. The molecule has 0 bridgehead atoms. The third-order valence-corrected chi connectivity index (χ3v) is 0. The average molecular weight is 249 g/mol. The maximum atomic E-state index is 4.60. The molecule has 0 aromatic rings. The molecule has 0 nitrogen and oxygen atoms in total. The predicted molar refractivity (Wildman–Crippen MR) is 91.8 cm³/mol. The highest BCUT2D eigenvalue weighted by Crippen LogP contribution is 1.56. The summed E-state index contributed by atoms with van der Waals surface area (Å²) in [4.78, 5) is 0. The van der Waals surface area contributed by atoms with Gasteiger partial charge in [-0.25, -0.2) is 0 Å². The van der Waals surface area contributed by atoms with Crippen molar-refractivity contribution in [3.8, 4) is 12.3 Å². The first kappa shape index (κ1) is 43.9. The van der Waals surface area contributed by atoms with E-state index in [0.717, 1.165) is 0 Å². The van der Waals surface area contributed by atoms with E-state index in [9.17, 15) is 0 Å². The second-order valence-corrected chi connectivity index (χ2v) is 1.70. The fourth-order valence-corrected chi connectivity index (χ4v) is 0. The van der Waals surface area contributed by atoms with E-state index in [1.54, 1.807) is 6.92 Å². The van der Waals surface area contributed by atoms with Gasteiger partial charge in [0.1, 0.15) is 0 Å². The van der Waals surface area contributed by atoms with Gasteiger partial charge in [-0.15, -0.1) is 12.3 Å². The van der Waals surface area contributed by atoms with Crippen molar-refractivity contribution in [3.05, 3.63) is 0 Å². The van der Waals surface area contributed by atoms with Gasteiger partial charge in [0.25, 0.3) is 0 Å². The molecule has 0 saturated carbocycles. The van der Waals surface area contributed by atoms with Crippen molar-refractivity contribution in [2.45, 2.75) is 103 Å². The SMILES string of the molecule is C#CC.CC.CC.CC.CC.CCC.CCC. The Hall–Kier alpha value is -0.440. The lowest BCUT2D eigenvalue weighted by Crippen LogP contribution is -1.27. The third-order valence-electron chi connectivity index (χ3n) is 0. The summed E-state index contributed by atoms with van der Waals surface area (Å²) in [6, 6.07) is 0. The molecule has 0 aromatic heterocycles. The number of terminal acetylenes is 1. The minimum absolute atomic E-state index is 1.25. The van der Waals surface area contributed by atoms with Gasteiger partial charge in [-0.05, 0) is 6.92 Å². The van der Waals surface area contributed by atoms with Crippen molar-refractivity contribution in [1.29, 1.82) is 0 Å². The fraction of sp³-hybridized carbons (Fsp3) is 0.882. The highest BCUT2D eigenvalue weighted by molar-refractivity contribution is 4.73. The Bertz CT molecular complexity index is 36.5. The molecule has 0 unspecified atom stereocenters. The Balaban J connectivity index is -0.0000000139. The molecule has 112 valence electrons. The molecule has 0 aliphatic rings. The van der Waals surface area contributed by atoms with Crippen molar-refractivity contribution in [3.63, 3.8) is 0 Å². The zero-order chi connectivity index (χ0) is 16.1. The molecular formula is C17H44. The quantitative estimate of drug-likeness (QED) is 0.388. The maximum absolute atomic E-state index is 4.60. The van der Waals surface area contributed by atoms with Crippen LogP contribution >= 0.6 is 0 Å². The molecule has 0 spiro atoms. The summed E-state index contributed by atoms with van der Waals surface area (Å²) in [5, 5.41) is 0.